The van der Waals surface area contributed by atoms with Crippen LogP contribution in [0.15, 0.2) is 18.2 Å². The number of rotatable bonds is 7. The van der Waals surface area contributed by atoms with Crippen LogP contribution >= 0.6 is 0 Å². The third-order valence-electron chi connectivity index (χ3n) is 2.70. The van der Waals surface area contributed by atoms with Crippen LogP contribution in [0.25, 0.3) is 0 Å². The van der Waals surface area contributed by atoms with Crippen molar-refractivity contribution in [2.45, 2.75) is 25.9 Å². The molecule has 1 aromatic carbocycles. The molecule has 0 aliphatic rings. The highest BCUT2D eigenvalue weighted by Crippen LogP contribution is 2.27. The maximum atomic E-state index is 5.51. The topological polar surface area (TPSA) is 56.5 Å². The van der Waals surface area contributed by atoms with E-state index >= 15 is 0 Å². The minimum Gasteiger partial charge on any atom is -0.493 e. The van der Waals surface area contributed by atoms with Crippen molar-refractivity contribution in [2.75, 3.05) is 20.8 Å². The first kappa shape index (κ1) is 13.8. The molecule has 0 saturated carbocycles. The van der Waals surface area contributed by atoms with E-state index in [9.17, 15) is 0 Å². The SMILES string of the molecule is COc1ccc(CNC(C)CCN)cc1OC. The third kappa shape index (κ3) is 4.24. The second kappa shape index (κ2) is 7.14. The Hall–Kier alpha value is -1.26. The van der Waals surface area contributed by atoms with Gasteiger partial charge in [0.2, 0.25) is 0 Å². The fraction of sp³-hybridized carbons (Fsp3) is 0.538. The molecule has 17 heavy (non-hydrogen) atoms. The average Bonchev–Trinajstić information content (AvgIpc) is 2.36. The van der Waals surface area contributed by atoms with Crippen LogP contribution in [0.4, 0.5) is 0 Å². The first-order valence-corrected chi connectivity index (χ1v) is 5.85. The van der Waals surface area contributed by atoms with Gasteiger partial charge in [0.1, 0.15) is 0 Å². The molecule has 1 unspecified atom stereocenters. The number of methoxy groups -OCH3 is 2. The van der Waals surface area contributed by atoms with Gasteiger partial charge in [-0.05, 0) is 37.6 Å². The van der Waals surface area contributed by atoms with Crippen LogP contribution in [0.3, 0.4) is 0 Å². The van der Waals surface area contributed by atoms with Crippen LogP contribution in [0.5, 0.6) is 11.5 Å². The Balaban J connectivity index is 2.60. The van der Waals surface area contributed by atoms with Crippen molar-refractivity contribution in [3.8, 4) is 11.5 Å². The largest absolute Gasteiger partial charge is 0.493 e. The second-order valence-electron chi connectivity index (χ2n) is 4.05. The lowest BCUT2D eigenvalue weighted by Crippen LogP contribution is -2.27. The molecule has 0 aliphatic carbocycles. The van der Waals surface area contributed by atoms with Crippen LogP contribution in [0.2, 0.25) is 0 Å². The van der Waals surface area contributed by atoms with Crippen LogP contribution in [-0.4, -0.2) is 26.8 Å². The highest BCUT2D eigenvalue weighted by atomic mass is 16.5. The zero-order valence-electron chi connectivity index (χ0n) is 10.8. The monoisotopic (exact) mass is 238 g/mol. The average molecular weight is 238 g/mol. The van der Waals surface area contributed by atoms with Gasteiger partial charge in [0.05, 0.1) is 14.2 Å². The van der Waals surface area contributed by atoms with Crippen LogP contribution in [0, 0.1) is 0 Å². The standard InChI is InChI=1S/C13H22N2O2/c1-10(6-7-14)15-9-11-4-5-12(16-2)13(8-11)17-3/h4-5,8,10,15H,6-7,9,14H2,1-3H3. The van der Waals surface area contributed by atoms with E-state index in [1.54, 1.807) is 14.2 Å². The van der Waals surface area contributed by atoms with E-state index in [1.165, 1.54) is 5.56 Å². The summed E-state index contributed by atoms with van der Waals surface area (Å²) in [5.41, 5.74) is 6.68. The van der Waals surface area contributed by atoms with Crippen molar-refractivity contribution < 1.29 is 9.47 Å². The fourth-order valence-corrected chi connectivity index (χ4v) is 1.63. The summed E-state index contributed by atoms with van der Waals surface area (Å²) < 4.78 is 10.5. The molecule has 0 heterocycles. The summed E-state index contributed by atoms with van der Waals surface area (Å²) in [7, 11) is 3.28. The van der Waals surface area contributed by atoms with E-state index in [0.717, 1.165) is 24.5 Å². The lowest BCUT2D eigenvalue weighted by Gasteiger charge is -2.14. The minimum absolute atomic E-state index is 0.424. The lowest BCUT2D eigenvalue weighted by molar-refractivity contribution is 0.354. The molecule has 1 aromatic rings. The summed E-state index contributed by atoms with van der Waals surface area (Å²) in [6.07, 6.45) is 0.979. The first-order chi connectivity index (χ1) is 8.21. The number of hydrogen-bond acceptors (Lipinski definition) is 4. The number of ether oxygens (including phenoxy) is 2. The fourth-order valence-electron chi connectivity index (χ4n) is 1.63. The normalized spacial score (nSPS) is 12.2. The summed E-state index contributed by atoms with van der Waals surface area (Å²) in [4.78, 5) is 0. The smallest absolute Gasteiger partial charge is 0.161 e. The van der Waals surface area contributed by atoms with Gasteiger partial charge < -0.3 is 20.5 Å². The first-order valence-electron chi connectivity index (χ1n) is 5.85. The van der Waals surface area contributed by atoms with E-state index < -0.39 is 0 Å². The molecule has 0 amide bonds. The van der Waals surface area contributed by atoms with Gasteiger partial charge in [-0.25, -0.2) is 0 Å². The molecule has 4 heteroatoms. The Labute approximate surface area is 103 Å². The molecule has 1 atom stereocenters. The summed E-state index contributed by atoms with van der Waals surface area (Å²) >= 11 is 0. The van der Waals surface area contributed by atoms with E-state index in [1.807, 2.05) is 18.2 Å². The zero-order valence-corrected chi connectivity index (χ0v) is 10.8. The molecule has 3 N–H and O–H groups in total. The Bertz CT molecular complexity index is 342. The van der Waals surface area contributed by atoms with Crippen LogP contribution in [-0.2, 0) is 6.54 Å². The predicted molar refractivity (Wildman–Crippen MR) is 69.5 cm³/mol. The zero-order chi connectivity index (χ0) is 12.7. The minimum atomic E-state index is 0.424. The van der Waals surface area contributed by atoms with E-state index in [4.69, 9.17) is 15.2 Å². The quantitative estimate of drug-likeness (QED) is 0.756. The Morgan fingerprint density at radius 3 is 2.53 bits per heavy atom. The summed E-state index contributed by atoms with van der Waals surface area (Å²) in [5.74, 6) is 1.52. The van der Waals surface area contributed by atoms with Gasteiger partial charge in [-0.1, -0.05) is 6.07 Å². The van der Waals surface area contributed by atoms with Gasteiger partial charge in [0.15, 0.2) is 11.5 Å². The van der Waals surface area contributed by atoms with E-state index in [2.05, 4.69) is 12.2 Å². The second-order valence-corrected chi connectivity index (χ2v) is 4.05. The van der Waals surface area contributed by atoms with Crippen molar-refractivity contribution in [3.05, 3.63) is 23.8 Å². The highest BCUT2D eigenvalue weighted by molar-refractivity contribution is 5.42. The maximum absolute atomic E-state index is 5.51. The molecule has 0 fully saturated rings. The molecular weight excluding hydrogens is 216 g/mol. The van der Waals surface area contributed by atoms with E-state index in [-0.39, 0.29) is 0 Å². The Morgan fingerprint density at radius 1 is 1.24 bits per heavy atom. The van der Waals surface area contributed by atoms with E-state index in [0.29, 0.717) is 12.6 Å². The molecule has 1 rings (SSSR count). The number of benzene rings is 1. The summed E-state index contributed by atoms with van der Waals surface area (Å²) in [6.45, 7) is 3.65. The Kier molecular flexibility index (Phi) is 5.80. The predicted octanol–water partition coefficient (Wildman–Crippen LogP) is 1.53. The highest BCUT2D eigenvalue weighted by Gasteiger charge is 2.05. The molecule has 4 nitrogen and oxygen atoms in total. The summed E-state index contributed by atoms with van der Waals surface area (Å²) in [5, 5.41) is 3.41. The molecule has 96 valence electrons. The number of nitrogens with one attached hydrogen (secondary N) is 1. The maximum Gasteiger partial charge on any atom is 0.161 e. The van der Waals surface area contributed by atoms with Gasteiger partial charge in [-0.2, -0.15) is 0 Å². The molecule has 0 aromatic heterocycles. The van der Waals surface area contributed by atoms with Crippen molar-refractivity contribution in [2.24, 2.45) is 5.73 Å². The van der Waals surface area contributed by atoms with Gasteiger partial charge >= 0.3 is 0 Å². The van der Waals surface area contributed by atoms with Crippen molar-refractivity contribution >= 4 is 0 Å². The van der Waals surface area contributed by atoms with Crippen LogP contribution in [0.1, 0.15) is 18.9 Å². The van der Waals surface area contributed by atoms with Crippen molar-refractivity contribution in [3.63, 3.8) is 0 Å². The number of hydrogen-bond donors (Lipinski definition) is 2. The van der Waals surface area contributed by atoms with Crippen molar-refractivity contribution in [1.82, 2.24) is 5.32 Å². The summed E-state index contributed by atoms with van der Waals surface area (Å²) in [6, 6.07) is 6.36. The molecule has 0 radical (unpaired) electrons. The van der Waals surface area contributed by atoms with Crippen LogP contribution < -0.4 is 20.5 Å². The molecule has 0 bridgehead atoms. The van der Waals surface area contributed by atoms with Crippen molar-refractivity contribution in [1.29, 1.82) is 0 Å². The molecular formula is C13H22N2O2. The van der Waals surface area contributed by atoms with Gasteiger partial charge in [-0.15, -0.1) is 0 Å². The number of nitrogens with two attached hydrogens (primary N) is 1. The lowest BCUT2D eigenvalue weighted by atomic mass is 10.1. The van der Waals surface area contributed by atoms with Gasteiger partial charge in [0.25, 0.3) is 0 Å². The van der Waals surface area contributed by atoms with Gasteiger partial charge in [-0.3, -0.25) is 0 Å². The molecule has 0 saturated heterocycles. The van der Waals surface area contributed by atoms with Gasteiger partial charge in [0, 0.05) is 12.6 Å². The Morgan fingerprint density at radius 2 is 1.94 bits per heavy atom. The molecule has 0 spiro atoms. The third-order valence-corrected chi connectivity index (χ3v) is 2.70. The molecule has 0 aliphatic heterocycles.